The highest BCUT2D eigenvalue weighted by molar-refractivity contribution is 5.87. The number of nitrogens with one attached hydrogen (secondary N) is 2. The van der Waals surface area contributed by atoms with Crippen molar-refractivity contribution in [2.75, 3.05) is 0 Å². The molecule has 0 saturated carbocycles. The Kier molecular flexibility index (Phi) is 2.25. The van der Waals surface area contributed by atoms with Gasteiger partial charge in [0.2, 0.25) is 5.91 Å². The van der Waals surface area contributed by atoms with Gasteiger partial charge >= 0.3 is 0 Å². The van der Waals surface area contributed by atoms with Gasteiger partial charge in [-0.15, -0.1) is 0 Å². The van der Waals surface area contributed by atoms with E-state index in [0.29, 0.717) is 18.3 Å². The molecule has 4 rings (SSSR count). The molecule has 3 nitrogen and oxygen atoms in total. The summed E-state index contributed by atoms with van der Waals surface area (Å²) >= 11 is 0. The Labute approximate surface area is 112 Å². The highest BCUT2D eigenvalue weighted by atomic mass is 16.1. The monoisotopic (exact) mass is 254 g/mol. The van der Waals surface area contributed by atoms with E-state index in [1.165, 1.54) is 22.2 Å². The minimum Gasteiger partial charge on any atom is -0.358 e. The number of aromatic amines is 1. The van der Waals surface area contributed by atoms with Crippen molar-refractivity contribution in [3.8, 4) is 0 Å². The van der Waals surface area contributed by atoms with Gasteiger partial charge in [-0.25, -0.2) is 0 Å². The molecule has 2 aromatic rings. The normalized spacial score (nSPS) is 29.1. The van der Waals surface area contributed by atoms with E-state index in [-0.39, 0.29) is 11.9 Å². The first-order valence-electron chi connectivity index (χ1n) is 7.16. The molecule has 3 heteroatoms. The third-order valence-corrected chi connectivity index (χ3v) is 4.87. The van der Waals surface area contributed by atoms with Gasteiger partial charge in [-0.3, -0.25) is 4.79 Å². The van der Waals surface area contributed by atoms with Crippen molar-refractivity contribution in [3.63, 3.8) is 0 Å². The zero-order chi connectivity index (χ0) is 13.0. The van der Waals surface area contributed by atoms with Gasteiger partial charge in [-0.1, -0.05) is 31.5 Å². The Morgan fingerprint density at radius 1 is 1.26 bits per heavy atom. The van der Waals surface area contributed by atoms with Crippen molar-refractivity contribution >= 4 is 16.8 Å². The van der Waals surface area contributed by atoms with Crippen LogP contribution in [0.2, 0.25) is 0 Å². The number of H-pyrrole nitrogens is 1. The van der Waals surface area contributed by atoms with Gasteiger partial charge in [0.05, 0.1) is 6.04 Å². The summed E-state index contributed by atoms with van der Waals surface area (Å²) in [5, 5.41) is 4.50. The third kappa shape index (κ3) is 1.47. The second-order valence-electron chi connectivity index (χ2n) is 5.85. The number of rotatable bonds is 1. The van der Waals surface area contributed by atoms with Crippen LogP contribution in [0.15, 0.2) is 24.3 Å². The Balaban J connectivity index is 1.95. The number of amides is 1. The fraction of sp³-hybridized carbons (Fsp3) is 0.438. The summed E-state index contributed by atoms with van der Waals surface area (Å²) in [4.78, 5) is 15.4. The topological polar surface area (TPSA) is 44.9 Å². The molecule has 1 saturated heterocycles. The predicted molar refractivity (Wildman–Crippen MR) is 74.8 cm³/mol. The van der Waals surface area contributed by atoms with Crippen LogP contribution >= 0.6 is 0 Å². The van der Waals surface area contributed by atoms with E-state index in [4.69, 9.17) is 0 Å². The number of hydrogen-bond donors (Lipinski definition) is 2. The zero-order valence-corrected chi connectivity index (χ0v) is 11.1. The summed E-state index contributed by atoms with van der Waals surface area (Å²) in [5.41, 5.74) is 3.87. The van der Waals surface area contributed by atoms with Gasteiger partial charge in [0, 0.05) is 28.6 Å². The fourth-order valence-electron chi connectivity index (χ4n) is 4.08. The van der Waals surface area contributed by atoms with Crippen molar-refractivity contribution in [1.29, 1.82) is 0 Å². The molecule has 3 atom stereocenters. The Bertz CT molecular complexity index is 658. The number of piperidine rings is 1. The van der Waals surface area contributed by atoms with Crippen LogP contribution in [0, 0.1) is 11.8 Å². The first-order valence-corrected chi connectivity index (χ1v) is 7.16. The van der Waals surface area contributed by atoms with Crippen LogP contribution in [0.4, 0.5) is 0 Å². The molecule has 1 amide bonds. The summed E-state index contributed by atoms with van der Waals surface area (Å²) < 4.78 is 0. The van der Waals surface area contributed by atoms with Crippen molar-refractivity contribution < 1.29 is 4.79 Å². The number of para-hydroxylation sites is 1. The molecule has 1 aliphatic heterocycles. The number of benzene rings is 1. The van der Waals surface area contributed by atoms with Crippen molar-refractivity contribution in [1.82, 2.24) is 10.3 Å². The minimum absolute atomic E-state index is 0.205. The van der Waals surface area contributed by atoms with Crippen LogP contribution in [-0.4, -0.2) is 10.9 Å². The maximum atomic E-state index is 11.9. The van der Waals surface area contributed by atoms with Gasteiger partial charge in [0.15, 0.2) is 0 Å². The van der Waals surface area contributed by atoms with Crippen LogP contribution in [0.5, 0.6) is 0 Å². The fourth-order valence-corrected chi connectivity index (χ4v) is 4.08. The minimum atomic E-state index is 0.205. The van der Waals surface area contributed by atoms with Crippen LogP contribution in [0.1, 0.15) is 37.1 Å². The van der Waals surface area contributed by atoms with E-state index in [1.807, 2.05) is 0 Å². The molecule has 1 aromatic heterocycles. The lowest BCUT2D eigenvalue weighted by atomic mass is 9.69. The molecule has 2 aliphatic rings. The summed E-state index contributed by atoms with van der Waals surface area (Å²) in [5.74, 6) is 1.31. The zero-order valence-electron chi connectivity index (χ0n) is 11.1. The highest BCUT2D eigenvalue weighted by Crippen LogP contribution is 2.46. The van der Waals surface area contributed by atoms with Crippen molar-refractivity contribution in [2.45, 2.75) is 32.2 Å². The standard InChI is InChI=1S/C16H18N2O/c1-2-10-9-7-13-15(16(10)18-14(19)8-9)11-5-3-4-6-12(11)17-13/h3-6,9-10,16-17H,2,7-8H2,1H3,(H,18,19)/t9-,10?,16+/m0/s1. The maximum Gasteiger partial charge on any atom is 0.220 e. The van der Waals surface area contributed by atoms with Gasteiger partial charge in [-0.2, -0.15) is 0 Å². The summed E-state index contributed by atoms with van der Waals surface area (Å²) in [6.45, 7) is 2.24. The molecule has 2 bridgehead atoms. The Morgan fingerprint density at radius 3 is 2.95 bits per heavy atom. The number of fused-ring (bicyclic) bond motifs is 6. The molecule has 0 spiro atoms. The SMILES string of the molecule is CCC1[C@@H]2CC(=O)N[C@H]1c1c([nH]c3ccccc13)C2. The molecule has 2 heterocycles. The van der Waals surface area contributed by atoms with E-state index in [9.17, 15) is 4.79 Å². The van der Waals surface area contributed by atoms with Crippen LogP contribution in [0.25, 0.3) is 10.9 Å². The first-order chi connectivity index (χ1) is 9.28. The number of carbonyl (C=O) groups is 1. The molecule has 0 radical (unpaired) electrons. The number of hydrogen-bond acceptors (Lipinski definition) is 1. The van der Waals surface area contributed by atoms with Crippen LogP contribution in [-0.2, 0) is 11.2 Å². The van der Waals surface area contributed by atoms with E-state index in [2.05, 4.69) is 41.5 Å². The van der Waals surface area contributed by atoms with Crippen LogP contribution in [0.3, 0.4) is 0 Å². The maximum absolute atomic E-state index is 11.9. The van der Waals surface area contributed by atoms with E-state index in [0.717, 1.165) is 12.8 Å². The summed E-state index contributed by atoms with van der Waals surface area (Å²) in [6.07, 6.45) is 2.84. The molecular weight excluding hydrogens is 236 g/mol. The molecule has 1 aromatic carbocycles. The van der Waals surface area contributed by atoms with Gasteiger partial charge in [0.25, 0.3) is 0 Å². The molecular formula is C16H18N2O. The van der Waals surface area contributed by atoms with Gasteiger partial charge in [0.1, 0.15) is 0 Å². The lowest BCUT2D eigenvalue weighted by Crippen LogP contribution is -2.46. The van der Waals surface area contributed by atoms with Crippen molar-refractivity contribution in [3.05, 3.63) is 35.5 Å². The molecule has 19 heavy (non-hydrogen) atoms. The molecule has 2 N–H and O–H groups in total. The van der Waals surface area contributed by atoms with Crippen LogP contribution < -0.4 is 5.32 Å². The molecule has 1 fully saturated rings. The predicted octanol–water partition coefficient (Wildman–Crippen LogP) is 2.93. The van der Waals surface area contributed by atoms with E-state index < -0.39 is 0 Å². The highest BCUT2D eigenvalue weighted by Gasteiger charge is 2.42. The average molecular weight is 254 g/mol. The van der Waals surface area contributed by atoms with Gasteiger partial charge in [-0.05, 0) is 24.3 Å². The molecule has 1 unspecified atom stereocenters. The number of aromatic nitrogens is 1. The summed E-state index contributed by atoms with van der Waals surface area (Å²) in [6, 6.07) is 8.63. The number of carbonyl (C=O) groups excluding carboxylic acids is 1. The quantitative estimate of drug-likeness (QED) is 0.807. The molecule has 1 aliphatic carbocycles. The first kappa shape index (κ1) is 11.1. The lowest BCUT2D eigenvalue weighted by molar-refractivity contribution is -0.127. The lowest BCUT2D eigenvalue weighted by Gasteiger charge is -2.42. The van der Waals surface area contributed by atoms with E-state index >= 15 is 0 Å². The second kappa shape index (κ2) is 3.86. The van der Waals surface area contributed by atoms with E-state index in [1.54, 1.807) is 0 Å². The Morgan fingerprint density at radius 2 is 2.11 bits per heavy atom. The Hall–Kier alpha value is -1.77. The second-order valence-corrected chi connectivity index (χ2v) is 5.85. The largest absolute Gasteiger partial charge is 0.358 e. The summed E-state index contributed by atoms with van der Waals surface area (Å²) in [7, 11) is 0. The molecule has 98 valence electrons. The van der Waals surface area contributed by atoms with Crippen molar-refractivity contribution in [2.24, 2.45) is 11.8 Å². The average Bonchev–Trinajstić information content (AvgIpc) is 2.75. The van der Waals surface area contributed by atoms with Gasteiger partial charge < -0.3 is 10.3 Å². The third-order valence-electron chi connectivity index (χ3n) is 4.87. The smallest absolute Gasteiger partial charge is 0.220 e.